The smallest absolute Gasteiger partial charge is 0.123 e. The monoisotopic (exact) mass is 249 g/mol. The molecule has 90 valence electrons. The zero-order valence-corrected chi connectivity index (χ0v) is 10.6. The second kappa shape index (κ2) is 5.94. The van der Waals surface area contributed by atoms with Gasteiger partial charge in [0.15, 0.2) is 0 Å². The van der Waals surface area contributed by atoms with Crippen LogP contribution in [-0.2, 0) is 6.42 Å². The van der Waals surface area contributed by atoms with Crippen molar-refractivity contribution in [3.63, 3.8) is 0 Å². The van der Waals surface area contributed by atoms with Crippen LogP contribution in [0.25, 0.3) is 0 Å². The molecule has 0 fully saturated rings. The Morgan fingerprint density at radius 3 is 2.59 bits per heavy atom. The molecule has 0 radical (unpaired) electrons. The second-order valence-electron chi connectivity index (χ2n) is 4.01. The minimum atomic E-state index is -0.179. The first-order valence-corrected chi connectivity index (χ1v) is 6.62. The van der Waals surface area contributed by atoms with E-state index in [4.69, 9.17) is 0 Å². The average Bonchev–Trinajstić information content (AvgIpc) is 2.85. The van der Waals surface area contributed by atoms with Crippen LogP contribution < -0.4 is 5.32 Å². The Bertz CT molecular complexity index is 436. The molecule has 0 spiro atoms. The quantitative estimate of drug-likeness (QED) is 0.850. The number of aryl methyl sites for hydroxylation is 1. The van der Waals surface area contributed by atoms with E-state index in [9.17, 15) is 4.39 Å². The molecule has 0 aliphatic carbocycles. The van der Waals surface area contributed by atoms with Crippen LogP contribution in [0, 0.1) is 5.82 Å². The average molecular weight is 249 g/mol. The van der Waals surface area contributed by atoms with E-state index in [0.29, 0.717) is 0 Å². The molecule has 2 aromatic rings. The minimum Gasteiger partial charge on any atom is -0.313 e. The van der Waals surface area contributed by atoms with Crippen LogP contribution in [0.2, 0.25) is 0 Å². The van der Waals surface area contributed by atoms with Gasteiger partial charge in [-0.2, -0.15) is 0 Å². The van der Waals surface area contributed by atoms with Crippen molar-refractivity contribution in [1.29, 1.82) is 0 Å². The fourth-order valence-electron chi connectivity index (χ4n) is 1.91. The van der Waals surface area contributed by atoms with Gasteiger partial charge in [0, 0.05) is 10.9 Å². The van der Waals surface area contributed by atoms with Crippen molar-refractivity contribution >= 4 is 11.3 Å². The van der Waals surface area contributed by atoms with Gasteiger partial charge in [-0.15, -0.1) is 11.3 Å². The number of thiophene rings is 1. The highest BCUT2D eigenvalue weighted by Crippen LogP contribution is 2.21. The molecule has 1 aromatic carbocycles. The van der Waals surface area contributed by atoms with Crippen molar-refractivity contribution in [3.8, 4) is 0 Å². The predicted octanol–water partition coefficient (Wildman–Crippen LogP) is 3.78. The maximum atomic E-state index is 12.8. The molecule has 17 heavy (non-hydrogen) atoms. The van der Waals surface area contributed by atoms with Gasteiger partial charge in [-0.25, -0.2) is 4.39 Å². The third kappa shape index (κ3) is 3.38. The number of benzene rings is 1. The first kappa shape index (κ1) is 12.3. The third-order valence-corrected chi connectivity index (χ3v) is 3.82. The third-order valence-electron chi connectivity index (χ3n) is 2.88. The highest BCUT2D eigenvalue weighted by molar-refractivity contribution is 7.09. The van der Waals surface area contributed by atoms with Gasteiger partial charge in [0.05, 0.1) is 0 Å². The van der Waals surface area contributed by atoms with Crippen LogP contribution in [0.3, 0.4) is 0 Å². The number of hydrogen-bond donors (Lipinski definition) is 1. The van der Waals surface area contributed by atoms with Gasteiger partial charge < -0.3 is 5.32 Å². The molecular weight excluding hydrogens is 233 g/mol. The summed E-state index contributed by atoms with van der Waals surface area (Å²) in [6, 6.07) is 11.3. The summed E-state index contributed by atoms with van der Waals surface area (Å²) < 4.78 is 12.8. The van der Waals surface area contributed by atoms with Crippen LogP contribution >= 0.6 is 11.3 Å². The molecule has 1 N–H and O–H groups in total. The normalized spacial score (nSPS) is 12.6. The molecule has 1 unspecified atom stereocenters. The first-order valence-electron chi connectivity index (χ1n) is 5.74. The highest BCUT2D eigenvalue weighted by Gasteiger charge is 2.09. The van der Waals surface area contributed by atoms with Crippen LogP contribution in [0.15, 0.2) is 41.8 Å². The minimum absolute atomic E-state index is 0.179. The van der Waals surface area contributed by atoms with Gasteiger partial charge in [0.1, 0.15) is 5.82 Å². The molecule has 1 heterocycles. The Labute approximate surface area is 105 Å². The van der Waals surface area contributed by atoms with Crippen molar-refractivity contribution in [2.24, 2.45) is 0 Å². The SMILES string of the molecule is CNC(CCc1cccs1)c1ccc(F)cc1. The van der Waals surface area contributed by atoms with Crippen LogP contribution in [0.1, 0.15) is 22.9 Å². The van der Waals surface area contributed by atoms with Gasteiger partial charge in [0.2, 0.25) is 0 Å². The fraction of sp³-hybridized carbons (Fsp3) is 0.286. The van der Waals surface area contributed by atoms with Crippen molar-refractivity contribution < 1.29 is 4.39 Å². The van der Waals surface area contributed by atoms with Crippen LogP contribution in [0.4, 0.5) is 4.39 Å². The Hall–Kier alpha value is -1.19. The predicted molar refractivity (Wildman–Crippen MR) is 70.8 cm³/mol. The summed E-state index contributed by atoms with van der Waals surface area (Å²) in [5.41, 5.74) is 1.14. The molecule has 0 bridgehead atoms. The Morgan fingerprint density at radius 1 is 1.24 bits per heavy atom. The number of hydrogen-bond acceptors (Lipinski definition) is 2. The molecule has 0 aliphatic heterocycles. The summed E-state index contributed by atoms with van der Waals surface area (Å²) >= 11 is 1.79. The molecule has 2 rings (SSSR count). The summed E-state index contributed by atoms with van der Waals surface area (Å²) in [6.45, 7) is 0. The van der Waals surface area contributed by atoms with E-state index in [1.165, 1.54) is 17.0 Å². The summed E-state index contributed by atoms with van der Waals surface area (Å²) in [5.74, 6) is -0.179. The molecule has 0 saturated heterocycles. The van der Waals surface area contributed by atoms with Gasteiger partial charge in [-0.3, -0.25) is 0 Å². The van der Waals surface area contributed by atoms with Gasteiger partial charge in [-0.05, 0) is 49.0 Å². The van der Waals surface area contributed by atoms with E-state index in [2.05, 4.69) is 22.8 Å². The zero-order valence-electron chi connectivity index (χ0n) is 9.82. The molecule has 1 nitrogen and oxygen atoms in total. The molecule has 0 amide bonds. The van der Waals surface area contributed by atoms with Gasteiger partial charge >= 0.3 is 0 Å². The Morgan fingerprint density at radius 2 is 2.00 bits per heavy atom. The van der Waals surface area contributed by atoms with Crippen molar-refractivity contribution in [2.75, 3.05) is 7.05 Å². The summed E-state index contributed by atoms with van der Waals surface area (Å²) in [4.78, 5) is 1.40. The summed E-state index contributed by atoms with van der Waals surface area (Å²) in [7, 11) is 1.95. The van der Waals surface area contributed by atoms with Gasteiger partial charge in [-0.1, -0.05) is 18.2 Å². The largest absolute Gasteiger partial charge is 0.313 e. The lowest BCUT2D eigenvalue weighted by atomic mass is 10.0. The van der Waals surface area contributed by atoms with Crippen molar-refractivity contribution in [1.82, 2.24) is 5.32 Å². The van der Waals surface area contributed by atoms with E-state index in [0.717, 1.165) is 18.4 Å². The second-order valence-corrected chi connectivity index (χ2v) is 5.04. The number of halogens is 1. The number of nitrogens with one attached hydrogen (secondary N) is 1. The maximum absolute atomic E-state index is 12.8. The van der Waals surface area contributed by atoms with Crippen LogP contribution in [-0.4, -0.2) is 7.05 Å². The van der Waals surface area contributed by atoms with E-state index in [-0.39, 0.29) is 11.9 Å². The van der Waals surface area contributed by atoms with E-state index < -0.39 is 0 Å². The Kier molecular flexibility index (Phi) is 4.29. The molecule has 3 heteroatoms. The number of rotatable bonds is 5. The Balaban J connectivity index is 1.99. The van der Waals surface area contributed by atoms with E-state index >= 15 is 0 Å². The van der Waals surface area contributed by atoms with Crippen molar-refractivity contribution in [3.05, 3.63) is 58.0 Å². The topological polar surface area (TPSA) is 12.0 Å². The lowest BCUT2D eigenvalue weighted by Crippen LogP contribution is -2.16. The van der Waals surface area contributed by atoms with E-state index in [1.54, 1.807) is 11.3 Å². The summed E-state index contributed by atoms with van der Waals surface area (Å²) in [6.07, 6.45) is 2.09. The zero-order chi connectivity index (χ0) is 12.1. The van der Waals surface area contributed by atoms with Crippen molar-refractivity contribution in [2.45, 2.75) is 18.9 Å². The first-order chi connectivity index (χ1) is 8.29. The molecule has 0 saturated carbocycles. The molecule has 0 aliphatic rings. The van der Waals surface area contributed by atoms with Crippen LogP contribution in [0.5, 0.6) is 0 Å². The molecular formula is C14H16FNS. The molecule has 1 aromatic heterocycles. The summed E-state index contributed by atoms with van der Waals surface area (Å²) in [5, 5.41) is 5.38. The maximum Gasteiger partial charge on any atom is 0.123 e. The molecule has 1 atom stereocenters. The fourth-order valence-corrected chi connectivity index (χ4v) is 2.64. The standard InChI is InChI=1S/C14H16FNS/c1-16-14(9-8-13-3-2-10-17-13)11-4-6-12(15)7-5-11/h2-7,10,14,16H,8-9H2,1H3. The lowest BCUT2D eigenvalue weighted by Gasteiger charge is -2.16. The van der Waals surface area contributed by atoms with Gasteiger partial charge in [0.25, 0.3) is 0 Å². The highest BCUT2D eigenvalue weighted by atomic mass is 32.1. The lowest BCUT2D eigenvalue weighted by molar-refractivity contribution is 0.549. The van der Waals surface area contributed by atoms with E-state index in [1.807, 2.05) is 19.2 Å².